The van der Waals surface area contributed by atoms with E-state index in [-0.39, 0.29) is 35.2 Å². The molecule has 2 heterocycles. The van der Waals surface area contributed by atoms with Gasteiger partial charge in [0.15, 0.2) is 0 Å². The van der Waals surface area contributed by atoms with Gasteiger partial charge in [0.25, 0.3) is 11.4 Å². The number of pyridine rings is 2. The predicted octanol–water partition coefficient (Wildman–Crippen LogP) is 4.51. The minimum absolute atomic E-state index is 0.0772. The Morgan fingerprint density at radius 1 is 0.806 bits per heavy atom. The van der Waals surface area contributed by atoms with Crippen molar-refractivity contribution in [3.63, 3.8) is 0 Å². The highest BCUT2D eigenvalue weighted by molar-refractivity contribution is 5.49. The van der Waals surface area contributed by atoms with Crippen molar-refractivity contribution >= 4 is 11.4 Å². The molecule has 0 radical (unpaired) electrons. The van der Waals surface area contributed by atoms with Crippen LogP contribution in [0.1, 0.15) is 35.8 Å². The van der Waals surface area contributed by atoms with E-state index in [1.165, 1.54) is 36.0 Å². The second-order valence-electron chi connectivity index (χ2n) is 7.49. The standard InChI is InChI=1S/C21H16N4O6/c26-24(27)12-1-7-19(22-10-12)30-14-3-4-15-16-5-6-17(18(15)9-14)21(16)31-20-8-2-13(11-23-20)25(28)29/h1-4,7-11,16-17,21H,5-6H2. The third-order valence-electron chi connectivity index (χ3n) is 5.78. The van der Waals surface area contributed by atoms with Gasteiger partial charge in [-0.05, 0) is 36.1 Å². The molecule has 0 saturated heterocycles. The molecule has 0 aliphatic heterocycles. The van der Waals surface area contributed by atoms with Crippen molar-refractivity contribution < 1.29 is 19.3 Å². The molecule has 2 aliphatic carbocycles. The number of hydrogen-bond acceptors (Lipinski definition) is 8. The number of hydrogen-bond donors (Lipinski definition) is 0. The summed E-state index contributed by atoms with van der Waals surface area (Å²) >= 11 is 0. The minimum Gasteiger partial charge on any atom is -0.473 e. The minimum atomic E-state index is -0.511. The fraction of sp³-hybridized carbons (Fsp3) is 0.238. The second-order valence-corrected chi connectivity index (χ2v) is 7.49. The van der Waals surface area contributed by atoms with Gasteiger partial charge < -0.3 is 9.47 Å². The highest BCUT2D eigenvalue weighted by atomic mass is 16.6. The summed E-state index contributed by atoms with van der Waals surface area (Å²) in [6, 6.07) is 11.5. The van der Waals surface area contributed by atoms with Gasteiger partial charge in [0.1, 0.15) is 24.2 Å². The van der Waals surface area contributed by atoms with Crippen molar-refractivity contribution in [3.8, 4) is 17.5 Å². The second kappa shape index (κ2) is 7.31. The Hall–Kier alpha value is -4.08. The van der Waals surface area contributed by atoms with Gasteiger partial charge in [-0.15, -0.1) is 0 Å². The zero-order chi connectivity index (χ0) is 21.5. The van der Waals surface area contributed by atoms with Crippen LogP contribution < -0.4 is 9.47 Å². The van der Waals surface area contributed by atoms with Crippen molar-refractivity contribution in [1.29, 1.82) is 0 Å². The van der Waals surface area contributed by atoms with Crippen molar-refractivity contribution in [3.05, 3.63) is 86.2 Å². The maximum absolute atomic E-state index is 10.8. The zero-order valence-electron chi connectivity index (χ0n) is 16.1. The highest BCUT2D eigenvalue weighted by Crippen LogP contribution is 2.55. The molecular weight excluding hydrogens is 404 g/mol. The van der Waals surface area contributed by atoms with Gasteiger partial charge >= 0.3 is 0 Å². The van der Waals surface area contributed by atoms with Crippen LogP contribution in [0.2, 0.25) is 0 Å². The summed E-state index contributed by atoms with van der Waals surface area (Å²) < 4.78 is 11.9. The first-order valence-electron chi connectivity index (χ1n) is 9.69. The summed E-state index contributed by atoms with van der Waals surface area (Å²) in [7, 11) is 0. The molecule has 31 heavy (non-hydrogen) atoms. The molecular formula is C21H16N4O6. The van der Waals surface area contributed by atoms with Crippen LogP contribution in [0.3, 0.4) is 0 Å². The maximum Gasteiger partial charge on any atom is 0.287 e. The Kier molecular flexibility index (Phi) is 4.46. The summed E-state index contributed by atoms with van der Waals surface area (Å²) in [5.74, 6) is 1.64. The summed E-state index contributed by atoms with van der Waals surface area (Å²) in [5.41, 5.74) is 2.17. The SMILES string of the molecule is O=[N+]([O-])c1ccc(Oc2ccc3c(c2)C2CCC3C2Oc2ccc([N+](=O)[O-])cn2)nc1. The molecule has 0 spiro atoms. The first kappa shape index (κ1) is 18.9. The number of fused-ring (bicyclic) bond motifs is 5. The van der Waals surface area contributed by atoms with Crippen LogP contribution in [0.25, 0.3) is 0 Å². The Labute approximate surface area is 175 Å². The van der Waals surface area contributed by atoms with Gasteiger partial charge in [-0.25, -0.2) is 9.97 Å². The molecule has 2 bridgehead atoms. The molecule has 0 amide bonds. The predicted molar refractivity (Wildman–Crippen MR) is 107 cm³/mol. The van der Waals surface area contributed by atoms with Gasteiger partial charge in [-0.3, -0.25) is 20.2 Å². The number of rotatable bonds is 6. The number of aromatic nitrogens is 2. The molecule has 3 aromatic rings. The van der Waals surface area contributed by atoms with Gasteiger partial charge in [0, 0.05) is 36.1 Å². The fourth-order valence-electron chi connectivity index (χ4n) is 4.42. The normalized spacial score (nSPS) is 20.8. The molecule has 3 atom stereocenters. The number of benzene rings is 1. The summed E-state index contributed by atoms with van der Waals surface area (Å²) in [6.45, 7) is 0. The molecule has 10 heteroatoms. The Balaban J connectivity index is 1.33. The average Bonchev–Trinajstić information content (AvgIpc) is 3.29. The lowest BCUT2D eigenvalue weighted by atomic mass is 9.92. The van der Waals surface area contributed by atoms with E-state index in [9.17, 15) is 20.2 Å². The first-order chi connectivity index (χ1) is 15.0. The van der Waals surface area contributed by atoms with E-state index in [0.29, 0.717) is 11.6 Å². The van der Waals surface area contributed by atoms with E-state index in [2.05, 4.69) is 9.97 Å². The van der Waals surface area contributed by atoms with E-state index in [4.69, 9.17) is 9.47 Å². The van der Waals surface area contributed by atoms with Crippen LogP contribution in [-0.4, -0.2) is 25.9 Å². The van der Waals surface area contributed by atoms with Crippen LogP contribution in [0, 0.1) is 20.2 Å². The molecule has 1 fully saturated rings. The van der Waals surface area contributed by atoms with Crippen molar-refractivity contribution in [2.24, 2.45) is 0 Å². The van der Waals surface area contributed by atoms with Crippen LogP contribution in [-0.2, 0) is 0 Å². The number of ether oxygens (including phenoxy) is 2. The van der Waals surface area contributed by atoms with Gasteiger partial charge in [0.05, 0.1) is 9.85 Å². The smallest absolute Gasteiger partial charge is 0.287 e. The van der Waals surface area contributed by atoms with E-state index in [0.717, 1.165) is 24.6 Å². The Morgan fingerprint density at radius 2 is 1.42 bits per heavy atom. The molecule has 10 nitrogen and oxygen atoms in total. The molecule has 5 rings (SSSR count). The molecule has 0 N–H and O–H groups in total. The monoisotopic (exact) mass is 420 g/mol. The summed E-state index contributed by atoms with van der Waals surface area (Å²) in [4.78, 5) is 28.6. The third kappa shape index (κ3) is 3.41. The van der Waals surface area contributed by atoms with Crippen LogP contribution in [0.4, 0.5) is 11.4 Å². The maximum atomic E-state index is 10.8. The van der Waals surface area contributed by atoms with Gasteiger partial charge in [-0.1, -0.05) is 6.07 Å². The van der Waals surface area contributed by atoms with Crippen molar-refractivity contribution in [2.45, 2.75) is 30.8 Å². The van der Waals surface area contributed by atoms with Gasteiger partial charge in [0.2, 0.25) is 11.8 Å². The number of nitrogens with zero attached hydrogens (tertiary/aromatic N) is 4. The fourth-order valence-corrected chi connectivity index (χ4v) is 4.42. The molecule has 3 unspecified atom stereocenters. The quantitative estimate of drug-likeness (QED) is 0.420. The lowest BCUT2D eigenvalue weighted by molar-refractivity contribution is -0.385. The van der Waals surface area contributed by atoms with Crippen LogP contribution >= 0.6 is 0 Å². The van der Waals surface area contributed by atoms with Crippen LogP contribution in [0.5, 0.6) is 17.5 Å². The largest absolute Gasteiger partial charge is 0.473 e. The first-order valence-corrected chi connectivity index (χ1v) is 9.69. The number of nitro groups is 2. The lowest BCUT2D eigenvalue weighted by Crippen LogP contribution is -2.20. The van der Waals surface area contributed by atoms with Crippen molar-refractivity contribution in [1.82, 2.24) is 9.97 Å². The van der Waals surface area contributed by atoms with E-state index >= 15 is 0 Å². The van der Waals surface area contributed by atoms with E-state index < -0.39 is 9.85 Å². The molecule has 156 valence electrons. The summed E-state index contributed by atoms with van der Waals surface area (Å²) in [6.07, 6.45) is 4.24. The molecule has 2 aliphatic rings. The summed E-state index contributed by atoms with van der Waals surface area (Å²) in [5, 5.41) is 21.6. The molecule has 1 aromatic carbocycles. The zero-order valence-corrected chi connectivity index (χ0v) is 16.1. The Morgan fingerprint density at radius 3 is 2.00 bits per heavy atom. The van der Waals surface area contributed by atoms with Gasteiger partial charge in [-0.2, -0.15) is 0 Å². The van der Waals surface area contributed by atoms with Crippen molar-refractivity contribution in [2.75, 3.05) is 0 Å². The van der Waals surface area contributed by atoms with Crippen LogP contribution in [0.15, 0.2) is 54.9 Å². The average molecular weight is 420 g/mol. The lowest BCUT2D eigenvalue weighted by Gasteiger charge is -2.17. The topological polar surface area (TPSA) is 131 Å². The molecule has 2 aromatic heterocycles. The Bertz CT molecular complexity index is 1170. The third-order valence-corrected chi connectivity index (χ3v) is 5.78. The highest BCUT2D eigenvalue weighted by Gasteiger charge is 2.47. The van der Waals surface area contributed by atoms with E-state index in [1.807, 2.05) is 18.2 Å². The molecule has 1 saturated carbocycles. The van der Waals surface area contributed by atoms with E-state index in [1.54, 1.807) is 0 Å².